The number of esters is 1. The van der Waals surface area contributed by atoms with Crippen molar-refractivity contribution in [1.29, 1.82) is 0 Å². The average Bonchev–Trinajstić information content (AvgIpc) is 2.84. The van der Waals surface area contributed by atoms with E-state index in [0.717, 1.165) is 0 Å². The summed E-state index contributed by atoms with van der Waals surface area (Å²) in [4.78, 5) is 11.7. The molecule has 0 aromatic heterocycles. The molecule has 19 heavy (non-hydrogen) atoms. The third kappa shape index (κ3) is 2.48. The van der Waals surface area contributed by atoms with Crippen LogP contribution in [0.2, 0.25) is 0 Å². The lowest BCUT2D eigenvalue weighted by molar-refractivity contribution is -0.153. The summed E-state index contributed by atoms with van der Waals surface area (Å²) < 4.78 is 21.1. The van der Waals surface area contributed by atoms with Crippen molar-refractivity contribution >= 4 is 21.9 Å². The van der Waals surface area contributed by atoms with Gasteiger partial charge in [0.1, 0.15) is 5.75 Å². The lowest BCUT2D eigenvalue weighted by Gasteiger charge is -2.17. The molecule has 1 atom stereocenters. The van der Waals surface area contributed by atoms with Gasteiger partial charge in [-0.25, -0.2) is 4.79 Å². The number of benzene rings is 1. The van der Waals surface area contributed by atoms with Crippen molar-refractivity contribution in [2.75, 3.05) is 20.5 Å². The smallest absolute Gasteiger partial charge is 0.339 e. The molecule has 0 aliphatic carbocycles. The van der Waals surface area contributed by atoms with Gasteiger partial charge in [-0.05, 0) is 22.9 Å². The zero-order valence-corrected chi connectivity index (χ0v) is 12.0. The van der Waals surface area contributed by atoms with Gasteiger partial charge in [0.25, 0.3) is 0 Å². The summed E-state index contributed by atoms with van der Waals surface area (Å²) in [5.41, 5.74) is 0.197. The molecule has 2 rings (SSSR count). The van der Waals surface area contributed by atoms with E-state index in [4.69, 9.17) is 18.9 Å². The number of aliphatic hydroxyl groups excluding tert-OH is 1. The third-order valence-corrected chi connectivity index (χ3v) is 3.18. The number of hydrogen-bond donors (Lipinski definition) is 1. The number of fused-ring (bicyclic) bond motifs is 1. The van der Waals surface area contributed by atoms with Crippen molar-refractivity contribution in [2.45, 2.75) is 13.0 Å². The fourth-order valence-electron chi connectivity index (χ4n) is 1.81. The molecule has 0 fully saturated rings. The molecule has 1 heterocycles. The molecule has 1 aromatic carbocycles. The van der Waals surface area contributed by atoms with Crippen LogP contribution in [0, 0.1) is 0 Å². The summed E-state index contributed by atoms with van der Waals surface area (Å²) in [5, 5.41) is 10.1. The first-order chi connectivity index (χ1) is 9.10. The summed E-state index contributed by atoms with van der Waals surface area (Å²) in [5.74, 6) is 0.271. The van der Waals surface area contributed by atoms with E-state index in [9.17, 15) is 9.90 Å². The van der Waals surface area contributed by atoms with Crippen LogP contribution < -0.4 is 14.2 Å². The zero-order chi connectivity index (χ0) is 14.0. The van der Waals surface area contributed by atoms with Crippen LogP contribution in [0.3, 0.4) is 0 Å². The van der Waals surface area contributed by atoms with E-state index >= 15 is 0 Å². The first-order valence-electron chi connectivity index (χ1n) is 5.60. The molecular formula is C12H13BrO6. The molecule has 0 spiro atoms. The van der Waals surface area contributed by atoms with Crippen molar-refractivity contribution in [3.8, 4) is 17.2 Å². The second-order valence-corrected chi connectivity index (χ2v) is 4.55. The third-order valence-electron chi connectivity index (χ3n) is 2.59. The highest BCUT2D eigenvalue weighted by Crippen LogP contribution is 2.48. The highest BCUT2D eigenvalue weighted by atomic mass is 79.9. The molecule has 1 aliphatic heterocycles. The Morgan fingerprint density at radius 1 is 1.58 bits per heavy atom. The standard InChI is InChI=1S/C12H13BrO6/c1-3-17-12(15)9(14)8-10(16-2)6(13)4-7-11(8)19-5-18-7/h4,9,14H,3,5H2,1-2H3. The van der Waals surface area contributed by atoms with Crippen molar-refractivity contribution in [1.82, 2.24) is 0 Å². The first-order valence-corrected chi connectivity index (χ1v) is 6.40. The van der Waals surface area contributed by atoms with Crippen LogP contribution in [0.15, 0.2) is 10.5 Å². The van der Waals surface area contributed by atoms with Gasteiger partial charge in [-0.1, -0.05) is 0 Å². The number of hydrogen-bond acceptors (Lipinski definition) is 6. The Morgan fingerprint density at radius 2 is 2.32 bits per heavy atom. The van der Waals surface area contributed by atoms with E-state index in [2.05, 4.69) is 15.9 Å². The molecule has 0 saturated heterocycles. The van der Waals surface area contributed by atoms with Crippen LogP contribution in [-0.4, -0.2) is 31.6 Å². The molecule has 1 unspecified atom stereocenters. The Balaban J connectivity index is 2.51. The predicted octanol–water partition coefficient (Wildman–Crippen LogP) is 1.78. The summed E-state index contributed by atoms with van der Waals surface area (Å²) in [6.07, 6.45) is -1.50. The van der Waals surface area contributed by atoms with Gasteiger partial charge < -0.3 is 24.1 Å². The van der Waals surface area contributed by atoms with Crippen LogP contribution in [0.4, 0.5) is 0 Å². The van der Waals surface area contributed by atoms with Crippen molar-refractivity contribution in [3.63, 3.8) is 0 Å². The normalized spacial score (nSPS) is 14.1. The maximum Gasteiger partial charge on any atom is 0.339 e. The molecular weight excluding hydrogens is 320 g/mol. The summed E-state index contributed by atoms with van der Waals surface area (Å²) in [6, 6.07) is 1.66. The molecule has 0 amide bonds. The van der Waals surface area contributed by atoms with Crippen LogP contribution in [0.25, 0.3) is 0 Å². The second-order valence-electron chi connectivity index (χ2n) is 3.69. The number of methoxy groups -OCH3 is 1. The molecule has 0 bridgehead atoms. The van der Waals surface area contributed by atoms with E-state index in [1.807, 2.05) is 0 Å². The lowest BCUT2D eigenvalue weighted by atomic mass is 10.1. The van der Waals surface area contributed by atoms with E-state index in [0.29, 0.717) is 21.7 Å². The highest BCUT2D eigenvalue weighted by Gasteiger charge is 2.33. The minimum atomic E-state index is -1.50. The van der Waals surface area contributed by atoms with Gasteiger partial charge in [-0.3, -0.25) is 0 Å². The van der Waals surface area contributed by atoms with E-state index in [-0.39, 0.29) is 19.0 Å². The van der Waals surface area contributed by atoms with Crippen LogP contribution >= 0.6 is 15.9 Å². The Morgan fingerprint density at radius 3 is 2.95 bits per heavy atom. The topological polar surface area (TPSA) is 74.2 Å². The quantitative estimate of drug-likeness (QED) is 0.847. The summed E-state index contributed by atoms with van der Waals surface area (Å²) in [7, 11) is 1.43. The van der Waals surface area contributed by atoms with Gasteiger partial charge in [0.15, 0.2) is 17.6 Å². The van der Waals surface area contributed by atoms with Gasteiger partial charge >= 0.3 is 5.97 Å². The minimum absolute atomic E-state index is 0.0253. The maximum absolute atomic E-state index is 11.7. The van der Waals surface area contributed by atoms with Gasteiger partial charge in [0.2, 0.25) is 6.79 Å². The molecule has 6 nitrogen and oxygen atoms in total. The van der Waals surface area contributed by atoms with Crippen molar-refractivity contribution in [3.05, 3.63) is 16.1 Å². The van der Waals surface area contributed by atoms with Crippen molar-refractivity contribution < 1.29 is 28.8 Å². The van der Waals surface area contributed by atoms with E-state index in [1.54, 1.807) is 13.0 Å². The molecule has 1 aliphatic rings. The number of ether oxygens (including phenoxy) is 4. The number of halogens is 1. The minimum Gasteiger partial charge on any atom is -0.495 e. The van der Waals surface area contributed by atoms with Gasteiger partial charge in [-0.15, -0.1) is 0 Å². The molecule has 1 aromatic rings. The number of carbonyl (C=O) groups is 1. The Kier molecular flexibility index (Phi) is 4.16. The highest BCUT2D eigenvalue weighted by molar-refractivity contribution is 9.10. The lowest BCUT2D eigenvalue weighted by Crippen LogP contribution is -2.17. The first kappa shape index (κ1) is 14.0. The van der Waals surface area contributed by atoms with Crippen LogP contribution in [0.1, 0.15) is 18.6 Å². The second kappa shape index (κ2) is 5.66. The monoisotopic (exact) mass is 332 g/mol. The zero-order valence-electron chi connectivity index (χ0n) is 10.4. The molecule has 7 heteroatoms. The van der Waals surface area contributed by atoms with Crippen molar-refractivity contribution in [2.24, 2.45) is 0 Å². The molecule has 0 radical (unpaired) electrons. The Bertz CT molecular complexity index is 498. The Hall–Kier alpha value is -1.47. The summed E-state index contributed by atoms with van der Waals surface area (Å²) in [6.45, 7) is 1.86. The molecule has 0 saturated carbocycles. The van der Waals surface area contributed by atoms with E-state index in [1.165, 1.54) is 7.11 Å². The van der Waals surface area contributed by atoms with Gasteiger partial charge in [-0.2, -0.15) is 0 Å². The van der Waals surface area contributed by atoms with Gasteiger partial charge in [0.05, 0.1) is 23.8 Å². The number of carbonyl (C=O) groups excluding carboxylic acids is 1. The largest absolute Gasteiger partial charge is 0.495 e. The van der Waals surface area contributed by atoms with Gasteiger partial charge in [0, 0.05) is 6.07 Å². The molecule has 1 N–H and O–H groups in total. The summed E-state index contributed by atoms with van der Waals surface area (Å²) >= 11 is 3.29. The van der Waals surface area contributed by atoms with Crippen LogP contribution in [-0.2, 0) is 9.53 Å². The maximum atomic E-state index is 11.7. The number of rotatable bonds is 4. The van der Waals surface area contributed by atoms with E-state index < -0.39 is 12.1 Å². The SMILES string of the molecule is CCOC(=O)C(O)c1c(OC)c(Br)cc2c1OCO2. The number of aliphatic hydroxyl groups is 1. The fraction of sp³-hybridized carbons (Fsp3) is 0.417. The molecule has 104 valence electrons. The fourth-order valence-corrected chi connectivity index (χ4v) is 2.40. The average molecular weight is 333 g/mol. The predicted molar refractivity (Wildman–Crippen MR) is 68.4 cm³/mol. The van der Waals surface area contributed by atoms with Crippen LogP contribution in [0.5, 0.6) is 17.2 Å². The Labute approximate surface area is 118 Å².